The van der Waals surface area contributed by atoms with Gasteiger partial charge in [-0.05, 0) is 24.3 Å². The fourth-order valence-electron chi connectivity index (χ4n) is 4.03. The molecule has 1 amide bonds. The van der Waals surface area contributed by atoms with Gasteiger partial charge < -0.3 is 9.47 Å². The van der Waals surface area contributed by atoms with Gasteiger partial charge >= 0.3 is 0 Å². The molecule has 5 rings (SSSR count). The van der Waals surface area contributed by atoms with Gasteiger partial charge in [0, 0.05) is 44.6 Å². The molecule has 24 heavy (non-hydrogen) atoms. The van der Waals surface area contributed by atoms with Crippen LogP contribution in [-0.4, -0.2) is 50.9 Å². The highest BCUT2D eigenvalue weighted by atomic mass is 16.2. The first-order chi connectivity index (χ1) is 11.8. The minimum absolute atomic E-state index is 0.214. The Morgan fingerprint density at radius 1 is 1.12 bits per heavy atom. The molecule has 126 valence electrons. The van der Waals surface area contributed by atoms with Crippen molar-refractivity contribution in [2.45, 2.75) is 32.0 Å². The van der Waals surface area contributed by atoms with E-state index in [1.54, 1.807) is 12.5 Å². The van der Waals surface area contributed by atoms with Crippen LogP contribution in [0, 0.1) is 5.92 Å². The van der Waals surface area contributed by atoms with Gasteiger partial charge in [0.1, 0.15) is 6.54 Å². The fraction of sp³-hybridized carbons (Fsp3) is 0.474. The molecule has 4 heterocycles. The standard InChI is InChI=1S/C19H24N4O/c24-19(14-21-9-8-20-15-21)23-12-17-6-7-18(13-23)22(11-17)10-16-4-2-1-3-5-16/h1-5,8-9,15,17-18H,6-7,10-14H2/t17-,18-/m0/s1. The molecule has 0 aliphatic carbocycles. The van der Waals surface area contributed by atoms with Crippen LogP contribution in [0.4, 0.5) is 0 Å². The van der Waals surface area contributed by atoms with E-state index in [1.165, 1.54) is 18.4 Å². The number of fused-ring (bicyclic) bond motifs is 4. The van der Waals surface area contributed by atoms with Gasteiger partial charge in [0.15, 0.2) is 0 Å². The number of imidazole rings is 1. The van der Waals surface area contributed by atoms with Gasteiger partial charge in [0.05, 0.1) is 6.33 Å². The van der Waals surface area contributed by atoms with Crippen molar-refractivity contribution in [2.75, 3.05) is 19.6 Å². The Labute approximate surface area is 142 Å². The molecule has 3 fully saturated rings. The van der Waals surface area contributed by atoms with Crippen LogP contribution in [-0.2, 0) is 17.9 Å². The van der Waals surface area contributed by atoms with Gasteiger partial charge in [-0.15, -0.1) is 0 Å². The topological polar surface area (TPSA) is 41.4 Å². The second kappa shape index (κ2) is 6.77. The van der Waals surface area contributed by atoms with Crippen LogP contribution in [0.1, 0.15) is 18.4 Å². The van der Waals surface area contributed by atoms with E-state index in [0.717, 1.165) is 26.2 Å². The second-order valence-corrected chi connectivity index (χ2v) is 7.05. The van der Waals surface area contributed by atoms with Crippen molar-refractivity contribution in [3.63, 3.8) is 0 Å². The smallest absolute Gasteiger partial charge is 0.242 e. The van der Waals surface area contributed by atoms with Gasteiger partial charge in [-0.1, -0.05) is 30.3 Å². The van der Waals surface area contributed by atoms with Crippen molar-refractivity contribution in [3.05, 3.63) is 54.6 Å². The number of hydrogen-bond donors (Lipinski definition) is 0. The van der Waals surface area contributed by atoms with Crippen LogP contribution in [0.25, 0.3) is 0 Å². The number of amides is 1. The Balaban J connectivity index is 1.43. The van der Waals surface area contributed by atoms with Gasteiger partial charge in [-0.2, -0.15) is 0 Å². The molecule has 0 N–H and O–H groups in total. The highest BCUT2D eigenvalue weighted by molar-refractivity contribution is 5.76. The summed E-state index contributed by atoms with van der Waals surface area (Å²) >= 11 is 0. The molecule has 3 saturated heterocycles. The van der Waals surface area contributed by atoms with Crippen molar-refractivity contribution in [2.24, 2.45) is 5.92 Å². The Morgan fingerprint density at radius 2 is 2.00 bits per heavy atom. The quantitative estimate of drug-likeness (QED) is 0.864. The Hall–Kier alpha value is -2.14. The largest absolute Gasteiger partial charge is 0.339 e. The zero-order chi connectivity index (χ0) is 16.4. The van der Waals surface area contributed by atoms with Crippen LogP contribution in [0.5, 0.6) is 0 Å². The molecule has 3 aliphatic heterocycles. The van der Waals surface area contributed by atoms with E-state index >= 15 is 0 Å². The third-order valence-electron chi connectivity index (χ3n) is 5.29. The Morgan fingerprint density at radius 3 is 2.79 bits per heavy atom. The maximum Gasteiger partial charge on any atom is 0.242 e. The van der Waals surface area contributed by atoms with Crippen LogP contribution in [0.3, 0.4) is 0 Å². The van der Waals surface area contributed by atoms with Crippen molar-refractivity contribution in [1.82, 2.24) is 19.4 Å². The van der Waals surface area contributed by atoms with Gasteiger partial charge in [0.2, 0.25) is 5.91 Å². The highest BCUT2D eigenvalue weighted by Gasteiger charge is 2.36. The molecular formula is C19H24N4O. The minimum Gasteiger partial charge on any atom is -0.339 e. The number of nitrogens with zero attached hydrogens (tertiary/aromatic N) is 4. The maximum atomic E-state index is 12.7. The molecular weight excluding hydrogens is 300 g/mol. The van der Waals surface area contributed by atoms with E-state index in [2.05, 4.69) is 45.1 Å². The number of hydrogen-bond acceptors (Lipinski definition) is 3. The molecule has 5 nitrogen and oxygen atoms in total. The summed E-state index contributed by atoms with van der Waals surface area (Å²) in [5, 5.41) is 0. The van der Waals surface area contributed by atoms with Crippen LogP contribution >= 0.6 is 0 Å². The Bertz CT molecular complexity index is 670. The normalized spacial score (nSPS) is 24.1. The first-order valence-electron chi connectivity index (χ1n) is 8.79. The first-order valence-corrected chi connectivity index (χ1v) is 8.79. The van der Waals surface area contributed by atoms with Crippen molar-refractivity contribution < 1.29 is 4.79 Å². The van der Waals surface area contributed by atoms with E-state index in [9.17, 15) is 4.79 Å². The lowest BCUT2D eigenvalue weighted by Crippen LogP contribution is -2.44. The molecule has 1 aromatic carbocycles. The molecule has 1 aromatic heterocycles. The van der Waals surface area contributed by atoms with E-state index in [-0.39, 0.29) is 5.91 Å². The fourth-order valence-corrected chi connectivity index (χ4v) is 4.03. The van der Waals surface area contributed by atoms with Crippen LogP contribution in [0.15, 0.2) is 49.1 Å². The number of aromatic nitrogens is 2. The van der Waals surface area contributed by atoms with Crippen molar-refractivity contribution in [3.8, 4) is 0 Å². The number of benzene rings is 1. The molecule has 0 spiro atoms. The number of carbonyl (C=O) groups is 1. The summed E-state index contributed by atoms with van der Waals surface area (Å²) in [5.41, 5.74) is 1.36. The number of carbonyl (C=O) groups excluding carboxylic acids is 1. The summed E-state index contributed by atoms with van der Waals surface area (Å²) in [6.45, 7) is 4.25. The molecule has 0 unspecified atom stereocenters. The van der Waals surface area contributed by atoms with E-state index in [4.69, 9.17) is 0 Å². The van der Waals surface area contributed by atoms with E-state index in [1.807, 2.05) is 10.8 Å². The lowest BCUT2D eigenvalue weighted by atomic mass is 9.94. The third-order valence-corrected chi connectivity index (χ3v) is 5.29. The van der Waals surface area contributed by atoms with E-state index in [0.29, 0.717) is 18.5 Å². The lowest BCUT2D eigenvalue weighted by Gasteiger charge is -2.36. The van der Waals surface area contributed by atoms with Crippen molar-refractivity contribution in [1.29, 1.82) is 0 Å². The molecule has 0 saturated carbocycles. The monoisotopic (exact) mass is 324 g/mol. The summed E-state index contributed by atoms with van der Waals surface area (Å²) in [5.74, 6) is 0.811. The summed E-state index contributed by atoms with van der Waals surface area (Å²) in [4.78, 5) is 21.3. The van der Waals surface area contributed by atoms with Gasteiger partial charge in [0.25, 0.3) is 0 Å². The highest BCUT2D eigenvalue weighted by Crippen LogP contribution is 2.29. The SMILES string of the molecule is O=C(Cn1ccnc1)N1C[C@H]2CC[C@@H](C1)N(Cc1ccccc1)C2. The average molecular weight is 324 g/mol. The summed E-state index contributed by atoms with van der Waals surface area (Å²) in [6.07, 6.45) is 7.73. The van der Waals surface area contributed by atoms with Crippen LogP contribution < -0.4 is 0 Å². The zero-order valence-corrected chi connectivity index (χ0v) is 13.9. The second-order valence-electron chi connectivity index (χ2n) is 7.05. The summed E-state index contributed by atoms with van der Waals surface area (Å²) in [6, 6.07) is 11.1. The summed E-state index contributed by atoms with van der Waals surface area (Å²) in [7, 11) is 0. The minimum atomic E-state index is 0.214. The molecule has 3 aliphatic rings. The average Bonchev–Trinajstić information content (AvgIpc) is 2.93. The maximum absolute atomic E-state index is 12.7. The lowest BCUT2D eigenvalue weighted by molar-refractivity contribution is -0.132. The predicted molar refractivity (Wildman–Crippen MR) is 92.2 cm³/mol. The molecule has 2 atom stereocenters. The Kier molecular flexibility index (Phi) is 4.34. The number of piperidine rings is 1. The molecule has 2 aromatic rings. The molecule has 0 radical (unpaired) electrons. The van der Waals surface area contributed by atoms with E-state index < -0.39 is 0 Å². The predicted octanol–water partition coefficient (Wildman–Crippen LogP) is 2.01. The van der Waals surface area contributed by atoms with Gasteiger partial charge in [-0.25, -0.2) is 4.98 Å². The summed E-state index contributed by atoms with van der Waals surface area (Å²) < 4.78 is 1.86. The van der Waals surface area contributed by atoms with Crippen LogP contribution in [0.2, 0.25) is 0 Å². The molecule has 5 heteroatoms. The zero-order valence-electron chi connectivity index (χ0n) is 13.9. The number of rotatable bonds is 4. The van der Waals surface area contributed by atoms with Gasteiger partial charge in [-0.3, -0.25) is 9.69 Å². The third kappa shape index (κ3) is 3.36. The first kappa shape index (κ1) is 15.4. The molecule has 2 bridgehead atoms. The van der Waals surface area contributed by atoms with Crippen molar-refractivity contribution >= 4 is 5.91 Å².